The number of fused-ring (bicyclic) bond motifs is 1. The molecule has 3 aromatic rings. The molecule has 9 heteroatoms. The van der Waals surface area contributed by atoms with Crippen molar-refractivity contribution in [3.05, 3.63) is 65.2 Å². The third-order valence-electron chi connectivity index (χ3n) is 6.02. The van der Waals surface area contributed by atoms with Gasteiger partial charge in [-0.15, -0.1) is 11.3 Å². The minimum Gasteiger partial charge on any atom is -0.465 e. The number of carbonyl (C=O) groups excluding carboxylic acids is 2. The molecule has 1 saturated heterocycles. The molecule has 0 aliphatic carbocycles. The van der Waals surface area contributed by atoms with E-state index in [4.69, 9.17) is 4.74 Å². The summed E-state index contributed by atoms with van der Waals surface area (Å²) in [6.45, 7) is 1.19. The lowest BCUT2D eigenvalue weighted by atomic mass is 10.0. The summed E-state index contributed by atoms with van der Waals surface area (Å²) >= 11 is 1.31. The fourth-order valence-electron chi connectivity index (χ4n) is 4.14. The smallest absolute Gasteiger partial charge is 0.407 e. The van der Waals surface area contributed by atoms with Gasteiger partial charge in [0, 0.05) is 19.7 Å². The van der Waals surface area contributed by atoms with Gasteiger partial charge in [0.05, 0.1) is 16.3 Å². The van der Waals surface area contributed by atoms with Crippen LogP contribution >= 0.6 is 11.3 Å². The first kappa shape index (κ1) is 24.8. The molecule has 0 spiro atoms. The van der Waals surface area contributed by atoms with Crippen LogP contribution in [-0.2, 0) is 16.1 Å². The quantitative estimate of drug-likeness (QED) is 0.300. The van der Waals surface area contributed by atoms with E-state index in [9.17, 15) is 19.5 Å². The van der Waals surface area contributed by atoms with Crippen molar-refractivity contribution in [3.8, 4) is 0 Å². The average molecular weight is 496 g/mol. The van der Waals surface area contributed by atoms with Gasteiger partial charge in [-0.05, 0) is 49.8 Å². The Balaban J connectivity index is 1.39. The van der Waals surface area contributed by atoms with Crippen molar-refractivity contribution in [3.63, 3.8) is 0 Å². The lowest BCUT2D eigenvalue weighted by Gasteiger charge is -2.21. The lowest BCUT2D eigenvalue weighted by Crippen LogP contribution is -2.45. The van der Waals surface area contributed by atoms with E-state index in [1.54, 1.807) is 0 Å². The molecular formula is C26H29N3O5S. The van der Waals surface area contributed by atoms with Gasteiger partial charge < -0.3 is 20.1 Å². The second kappa shape index (κ2) is 11.9. The highest BCUT2D eigenvalue weighted by Crippen LogP contribution is 2.24. The summed E-state index contributed by atoms with van der Waals surface area (Å²) in [6, 6.07) is 16.2. The third-order valence-corrected chi connectivity index (χ3v) is 7.07. The van der Waals surface area contributed by atoms with Crippen LogP contribution in [0.1, 0.15) is 47.5 Å². The zero-order valence-corrected chi connectivity index (χ0v) is 20.2. The maximum Gasteiger partial charge on any atom is 0.407 e. The molecule has 2 N–H and O–H groups in total. The van der Waals surface area contributed by atoms with Gasteiger partial charge in [0.2, 0.25) is 11.7 Å². The Morgan fingerprint density at radius 3 is 2.60 bits per heavy atom. The summed E-state index contributed by atoms with van der Waals surface area (Å²) in [5.74, 6) is -0.505. The van der Waals surface area contributed by atoms with Gasteiger partial charge in [-0.3, -0.25) is 9.59 Å². The number of unbranched alkanes of at least 4 members (excludes halogenated alkanes) is 1. The number of nitrogens with zero attached hydrogens (tertiary/aromatic N) is 2. The van der Waals surface area contributed by atoms with Crippen molar-refractivity contribution < 1.29 is 24.2 Å². The van der Waals surface area contributed by atoms with E-state index in [1.165, 1.54) is 16.2 Å². The van der Waals surface area contributed by atoms with Gasteiger partial charge in [-0.2, -0.15) is 0 Å². The molecule has 35 heavy (non-hydrogen) atoms. The van der Waals surface area contributed by atoms with Crippen LogP contribution < -0.4 is 5.32 Å². The fraction of sp³-hybridized carbons (Fsp3) is 0.385. The Morgan fingerprint density at radius 2 is 1.89 bits per heavy atom. The number of hydrogen-bond donors (Lipinski definition) is 2. The zero-order valence-electron chi connectivity index (χ0n) is 19.4. The van der Waals surface area contributed by atoms with Crippen molar-refractivity contribution >= 4 is 39.3 Å². The molecule has 2 heterocycles. The standard InChI is InChI=1S/C26H29N3O5S/c30-23(25-28-19-11-4-5-14-22(19)35-25)20(27-24(31)21-13-8-16-34-21)12-6-7-15-29(26(32)33)17-18-9-2-1-3-10-18/h1-5,9-11,14,20-21H,6-8,12-13,15-17H2,(H,27,31)(H,32,33)/t20-,21?/m0/s1. The number of para-hydroxylation sites is 1. The Kier molecular flexibility index (Phi) is 8.44. The highest BCUT2D eigenvalue weighted by molar-refractivity contribution is 7.20. The van der Waals surface area contributed by atoms with Crippen LogP contribution in [0.15, 0.2) is 54.6 Å². The molecule has 8 nitrogen and oxygen atoms in total. The molecule has 0 radical (unpaired) electrons. The number of Topliss-reactive ketones (excluding diaryl/α,β-unsaturated/α-hetero) is 1. The van der Waals surface area contributed by atoms with E-state index < -0.39 is 18.2 Å². The lowest BCUT2D eigenvalue weighted by molar-refractivity contribution is -0.130. The number of nitrogens with one attached hydrogen (secondary N) is 1. The van der Waals surface area contributed by atoms with E-state index in [1.807, 2.05) is 54.6 Å². The molecule has 2 aromatic carbocycles. The molecule has 4 rings (SSSR count). The minimum atomic E-state index is -0.984. The predicted octanol–water partition coefficient (Wildman–Crippen LogP) is 4.49. The summed E-state index contributed by atoms with van der Waals surface area (Å²) < 4.78 is 6.40. The van der Waals surface area contributed by atoms with Gasteiger partial charge in [-0.25, -0.2) is 9.78 Å². The SMILES string of the molecule is O=C(N[C@@H](CCCCN(Cc1ccccc1)C(=O)O)C(=O)c1nc2ccccc2s1)C1CCCO1. The van der Waals surface area contributed by atoms with Crippen molar-refractivity contribution in [2.75, 3.05) is 13.2 Å². The van der Waals surface area contributed by atoms with Gasteiger partial charge in [0.1, 0.15) is 6.10 Å². The molecule has 1 aliphatic rings. The van der Waals surface area contributed by atoms with Gasteiger partial charge >= 0.3 is 6.09 Å². The summed E-state index contributed by atoms with van der Waals surface area (Å²) in [7, 11) is 0. The molecule has 2 amide bonds. The monoisotopic (exact) mass is 495 g/mol. The highest BCUT2D eigenvalue weighted by atomic mass is 32.1. The molecule has 1 fully saturated rings. The van der Waals surface area contributed by atoms with Crippen molar-refractivity contribution in [1.29, 1.82) is 0 Å². The topological polar surface area (TPSA) is 109 Å². The highest BCUT2D eigenvalue weighted by Gasteiger charge is 2.30. The normalized spacial score (nSPS) is 16.2. The predicted molar refractivity (Wildman–Crippen MR) is 134 cm³/mol. The Labute approximate surface area is 207 Å². The largest absolute Gasteiger partial charge is 0.465 e. The summed E-state index contributed by atoms with van der Waals surface area (Å²) in [5.41, 5.74) is 1.67. The second-order valence-electron chi connectivity index (χ2n) is 8.60. The number of carboxylic acid groups (broad SMARTS) is 1. The fourth-order valence-corrected chi connectivity index (χ4v) is 5.10. The minimum absolute atomic E-state index is 0.225. The zero-order chi connectivity index (χ0) is 24.6. The average Bonchev–Trinajstić information content (AvgIpc) is 3.55. The van der Waals surface area contributed by atoms with Crippen LogP contribution in [0.2, 0.25) is 0 Å². The molecule has 0 bridgehead atoms. The van der Waals surface area contributed by atoms with Crippen LogP contribution in [0, 0.1) is 0 Å². The van der Waals surface area contributed by atoms with Gasteiger partial charge in [-0.1, -0.05) is 42.5 Å². The molecular weight excluding hydrogens is 466 g/mol. The van der Waals surface area contributed by atoms with Crippen LogP contribution in [0.4, 0.5) is 4.79 Å². The van der Waals surface area contributed by atoms with Crippen molar-refractivity contribution in [1.82, 2.24) is 15.2 Å². The van der Waals surface area contributed by atoms with Gasteiger partial charge in [0.25, 0.3) is 0 Å². The number of ether oxygens (including phenoxy) is 1. The van der Waals surface area contributed by atoms with E-state index in [2.05, 4.69) is 10.3 Å². The van der Waals surface area contributed by atoms with Gasteiger partial charge in [0.15, 0.2) is 5.01 Å². The van der Waals surface area contributed by atoms with E-state index in [0.29, 0.717) is 50.4 Å². The molecule has 1 unspecified atom stereocenters. The number of carbonyl (C=O) groups is 3. The number of benzene rings is 2. The van der Waals surface area contributed by atoms with Crippen LogP contribution in [0.5, 0.6) is 0 Å². The van der Waals surface area contributed by atoms with E-state index >= 15 is 0 Å². The second-order valence-corrected chi connectivity index (χ2v) is 9.63. The van der Waals surface area contributed by atoms with Crippen LogP contribution in [-0.4, -0.2) is 58.1 Å². The van der Waals surface area contributed by atoms with E-state index in [0.717, 1.165) is 22.2 Å². The summed E-state index contributed by atoms with van der Waals surface area (Å²) in [6.07, 6.45) is 1.48. The first-order valence-corrected chi connectivity index (χ1v) is 12.7. The molecule has 1 aromatic heterocycles. The molecule has 1 aliphatic heterocycles. The maximum atomic E-state index is 13.3. The first-order valence-electron chi connectivity index (χ1n) is 11.8. The number of ketones is 1. The Morgan fingerprint density at radius 1 is 1.11 bits per heavy atom. The molecule has 0 saturated carbocycles. The number of hydrogen-bond acceptors (Lipinski definition) is 6. The van der Waals surface area contributed by atoms with Crippen molar-refractivity contribution in [2.24, 2.45) is 0 Å². The maximum absolute atomic E-state index is 13.3. The number of thiazole rings is 1. The number of amides is 2. The van der Waals surface area contributed by atoms with Crippen LogP contribution in [0.25, 0.3) is 10.2 Å². The first-order chi connectivity index (χ1) is 17.0. The number of rotatable bonds is 11. The van der Waals surface area contributed by atoms with E-state index in [-0.39, 0.29) is 11.7 Å². The molecule has 2 atom stereocenters. The Hall–Kier alpha value is -3.30. The third kappa shape index (κ3) is 6.64. The molecule has 184 valence electrons. The van der Waals surface area contributed by atoms with Crippen LogP contribution in [0.3, 0.4) is 0 Å². The van der Waals surface area contributed by atoms with Crippen molar-refractivity contribution in [2.45, 2.75) is 50.8 Å². The summed E-state index contributed by atoms with van der Waals surface area (Å²) in [4.78, 5) is 43.6. The number of aromatic nitrogens is 1. The Bertz CT molecular complexity index is 1130. The summed E-state index contributed by atoms with van der Waals surface area (Å²) in [5, 5.41) is 12.8.